The van der Waals surface area contributed by atoms with E-state index >= 15 is 0 Å². The number of benzene rings is 2. The molecule has 0 radical (unpaired) electrons. The number of hydrogen-bond acceptors (Lipinski definition) is 2. The molecule has 0 aliphatic heterocycles. The maximum absolute atomic E-state index is 8.91. The van der Waals surface area contributed by atoms with Gasteiger partial charge in [0.25, 0.3) is 0 Å². The smallest absolute Gasteiger partial charge is 0.134 e. The summed E-state index contributed by atoms with van der Waals surface area (Å²) >= 11 is 9.87. The van der Waals surface area contributed by atoms with Crippen molar-refractivity contribution < 1.29 is 10.2 Å². The molecule has 2 nitrogen and oxygen atoms in total. The molecule has 2 rings (SSSR count). The first-order valence-electron chi connectivity index (χ1n) is 4.57. The van der Waals surface area contributed by atoms with Gasteiger partial charge in [-0.2, -0.15) is 0 Å². The molecule has 0 amide bonds. The predicted molar refractivity (Wildman–Crippen MR) is 86.7 cm³/mol. The van der Waals surface area contributed by atoms with Gasteiger partial charge in [0, 0.05) is 7.14 Å². The van der Waals surface area contributed by atoms with Crippen LogP contribution in [0.2, 0.25) is 5.02 Å². The van der Waals surface area contributed by atoms with E-state index in [0.717, 1.165) is 7.14 Å². The highest BCUT2D eigenvalue weighted by molar-refractivity contribution is 14.1. The van der Waals surface area contributed by atoms with Crippen LogP contribution < -0.4 is 0 Å². The lowest BCUT2D eigenvalue weighted by Gasteiger charge is -1.93. The molecule has 2 N–H and O–H groups in total. The quantitative estimate of drug-likeness (QED) is 0.546. The fraction of sp³-hybridized carbons (Fsp3) is 0. The van der Waals surface area contributed by atoms with E-state index in [-0.39, 0.29) is 5.75 Å². The van der Waals surface area contributed by atoms with Crippen molar-refractivity contribution in [3.05, 3.63) is 54.6 Å². The predicted octanol–water partition coefficient (Wildman–Crippen LogP) is 4.65. The molecule has 2 aromatic carbocycles. The Morgan fingerprint density at radius 1 is 0.824 bits per heavy atom. The van der Waals surface area contributed by atoms with Crippen LogP contribution in [0.5, 0.6) is 11.5 Å². The Bertz CT molecular complexity index is 465. The summed E-state index contributed by atoms with van der Waals surface area (Å²) in [6.45, 7) is 0. The van der Waals surface area contributed by atoms with Crippen LogP contribution in [0.3, 0.4) is 0 Å². The van der Waals surface area contributed by atoms with Gasteiger partial charge in [0.1, 0.15) is 11.5 Å². The Hall–Kier alpha value is -0.210. The standard InChI is InChI=1S/C6H4ClIO.C6H5IO/c7-5-3-4(8)1-2-6(5)9;7-5-1-3-6(8)4-2-5/h1-3,9H;1-4,8H. The van der Waals surface area contributed by atoms with Crippen LogP contribution >= 0.6 is 56.8 Å². The highest BCUT2D eigenvalue weighted by Crippen LogP contribution is 2.23. The van der Waals surface area contributed by atoms with E-state index in [1.807, 2.05) is 12.1 Å². The third-order valence-electron chi connectivity index (χ3n) is 1.74. The van der Waals surface area contributed by atoms with E-state index in [4.69, 9.17) is 21.8 Å². The maximum atomic E-state index is 8.91. The van der Waals surface area contributed by atoms with Gasteiger partial charge in [0.2, 0.25) is 0 Å². The Balaban J connectivity index is 0.000000171. The normalized spacial score (nSPS) is 9.35. The second-order valence-electron chi connectivity index (χ2n) is 3.07. The number of rotatable bonds is 0. The first-order chi connectivity index (χ1) is 7.99. The number of phenols is 2. The molecule has 0 saturated carbocycles. The lowest BCUT2D eigenvalue weighted by Crippen LogP contribution is -1.70. The van der Waals surface area contributed by atoms with Gasteiger partial charge in [0.15, 0.2) is 0 Å². The summed E-state index contributed by atoms with van der Waals surface area (Å²) in [4.78, 5) is 0. The minimum atomic E-state index is 0.136. The average Bonchev–Trinajstić information content (AvgIpc) is 2.29. The van der Waals surface area contributed by atoms with Crippen molar-refractivity contribution >= 4 is 56.8 Å². The number of halogens is 3. The first-order valence-corrected chi connectivity index (χ1v) is 7.11. The van der Waals surface area contributed by atoms with Gasteiger partial charge in [-0.3, -0.25) is 0 Å². The largest absolute Gasteiger partial charge is 0.508 e. The summed E-state index contributed by atoms with van der Waals surface area (Å²) in [5.41, 5.74) is 0. The van der Waals surface area contributed by atoms with E-state index in [9.17, 15) is 0 Å². The van der Waals surface area contributed by atoms with Crippen molar-refractivity contribution in [1.82, 2.24) is 0 Å². The van der Waals surface area contributed by atoms with Gasteiger partial charge < -0.3 is 10.2 Å². The summed E-state index contributed by atoms with van der Waals surface area (Å²) < 4.78 is 2.16. The summed E-state index contributed by atoms with van der Waals surface area (Å²) in [5, 5.41) is 18.1. The molecular formula is C12H9ClI2O2. The minimum Gasteiger partial charge on any atom is -0.508 e. The van der Waals surface area contributed by atoms with Gasteiger partial charge in [-0.15, -0.1) is 0 Å². The van der Waals surface area contributed by atoms with Gasteiger partial charge in [-0.25, -0.2) is 0 Å². The fourth-order valence-corrected chi connectivity index (χ4v) is 2.14. The van der Waals surface area contributed by atoms with Crippen LogP contribution in [-0.4, -0.2) is 10.2 Å². The van der Waals surface area contributed by atoms with Crippen LogP contribution in [0, 0.1) is 7.14 Å². The Labute approximate surface area is 132 Å². The van der Waals surface area contributed by atoms with Crippen molar-refractivity contribution in [3.63, 3.8) is 0 Å². The van der Waals surface area contributed by atoms with Gasteiger partial charge >= 0.3 is 0 Å². The highest BCUT2D eigenvalue weighted by Gasteiger charge is 1.95. The molecule has 0 saturated heterocycles. The summed E-state index contributed by atoms with van der Waals surface area (Å²) in [5.74, 6) is 0.461. The molecular weight excluding hydrogens is 465 g/mol. The maximum Gasteiger partial charge on any atom is 0.134 e. The molecule has 17 heavy (non-hydrogen) atoms. The minimum absolute atomic E-state index is 0.136. The fourth-order valence-electron chi connectivity index (χ4n) is 0.922. The van der Waals surface area contributed by atoms with E-state index in [0.29, 0.717) is 10.8 Å². The molecule has 0 bridgehead atoms. The van der Waals surface area contributed by atoms with Crippen molar-refractivity contribution in [2.24, 2.45) is 0 Å². The van der Waals surface area contributed by atoms with Crippen molar-refractivity contribution in [2.75, 3.05) is 0 Å². The van der Waals surface area contributed by atoms with E-state index in [2.05, 4.69) is 45.2 Å². The Morgan fingerprint density at radius 3 is 1.76 bits per heavy atom. The molecule has 5 heteroatoms. The number of aromatic hydroxyl groups is 2. The zero-order valence-corrected chi connectivity index (χ0v) is 13.6. The second-order valence-corrected chi connectivity index (χ2v) is 5.97. The van der Waals surface area contributed by atoms with Crippen molar-refractivity contribution in [1.29, 1.82) is 0 Å². The molecule has 0 atom stereocenters. The van der Waals surface area contributed by atoms with Gasteiger partial charge in [0.05, 0.1) is 5.02 Å². The first kappa shape index (κ1) is 14.8. The SMILES string of the molecule is Oc1ccc(I)cc1.Oc1ccc(I)cc1Cl. The number of phenolic OH excluding ortho intramolecular Hbond substituents is 2. The third-order valence-corrected chi connectivity index (χ3v) is 3.43. The lowest BCUT2D eigenvalue weighted by atomic mass is 10.3. The van der Waals surface area contributed by atoms with Crippen LogP contribution in [0.25, 0.3) is 0 Å². The Morgan fingerprint density at radius 2 is 1.35 bits per heavy atom. The van der Waals surface area contributed by atoms with Gasteiger partial charge in [-0.05, 0) is 87.6 Å². The monoisotopic (exact) mass is 474 g/mol. The van der Waals surface area contributed by atoms with E-state index < -0.39 is 0 Å². The molecule has 0 aliphatic carbocycles. The molecule has 0 aliphatic rings. The molecule has 0 aromatic heterocycles. The average molecular weight is 474 g/mol. The summed E-state index contributed by atoms with van der Waals surface area (Å²) in [6.07, 6.45) is 0. The van der Waals surface area contributed by atoms with Crippen LogP contribution in [-0.2, 0) is 0 Å². The third kappa shape index (κ3) is 5.78. The highest BCUT2D eigenvalue weighted by atomic mass is 127. The summed E-state index contributed by atoms with van der Waals surface area (Å²) in [7, 11) is 0. The van der Waals surface area contributed by atoms with Crippen LogP contribution in [0.4, 0.5) is 0 Å². The molecule has 0 heterocycles. The molecule has 2 aromatic rings. The topological polar surface area (TPSA) is 40.5 Å². The Kier molecular flexibility index (Phi) is 6.35. The number of hydrogen-bond donors (Lipinski definition) is 2. The summed E-state index contributed by atoms with van der Waals surface area (Å²) in [6, 6.07) is 12.1. The zero-order valence-electron chi connectivity index (χ0n) is 8.57. The van der Waals surface area contributed by atoms with E-state index in [1.165, 1.54) is 0 Å². The van der Waals surface area contributed by atoms with E-state index in [1.54, 1.807) is 30.3 Å². The van der Waals surface area contributed by atoms with Gasteiger partial charge in [-0.1, -0.05) is 11.6 Å². The lowest BCUT2D eigenvalue weighted by molar-refractivity contribution is 0.475. The molecule has 0 spiro atoms. The zero-order chi connectivity index (χ0) is 12.8. The second kappa shape index (κ2) is 7.27. The van der Waals surface area contributed by atoms with Crippen LogP contribution in [0.1, 0.15) is 0 Å². The molecule has 90 valence electrons. The molecule has 0 unspecified atom stereocenters. The van der Waals surface area contributed by atoms with Crippen LogP contribution in [0.15, 0.2) is 42.5 Å². The van der Waals surface area contributed by atoms with Crippen molar-refractivity contribution in [2.45, 2.75) is 0 Å². The van der Waals surface area contributed by atoms with Crippen molar-refractivity contribution in [3.8, 4) is 11.5 Å². The molecule has 0 fully saturated rings.